The molecule has 1 aromatic rings. The summed E-state index contributed by atoms with van der Waals surface area (Å²) in [6.45, 7) is 4.03. The Kier molecular flexibility index (Phi) is 3.95. The molecular weight excluding hydrogens is 274 g/mol. The molecule has 0 bridgehead atoms. The summed E-state index contributed by atoms with van der Waals surface area (Å²) < 4.78 is 13.2. The van der Waals surface area contributed by atoms with Gasteiger partial charge < -0.3 is 14.6 Å². The van der Waals surface area contributed by atoms with Crippen LogP contribution in [0, 0.1) is 0 Å². The maximum atomic E-state index is 11.3. The first-order chi connectivity index (χ1) is 10.2. The molecule has 1 spiro atoms. The second-order valence-corrected chi connectivity index (χ2v) is 5.87. The quantitative estimate of drug-likeness (QED) is 0.904. The van der Waals surface area contributed by atoms with Gasteiger partial charge in [-0.3, -0.25) is 0 Å². The predicted molar refractivity (Wildman–Crippen MR) is 73.4 cm³/mol. The predicted octanol–water partition coefficient (Wildman–Crippen LogP) is 1.44. The lowest BCUT2D eigenvalue weighted by atomic mass is 9.89. The molecule has 2 aliphatic heterocycles. The highest BCUT2D eigenvalue weighted by atomic mass is 16.6. The van der Waals surface area contributed by atoms with Gasteiger partial charge in [-0.2, -0.15) is 0 Å². The van der Waals surface area contributed by atoms with Gasteiger partial charge in [0.15, 0.2) is 5.69 Å². The van der Waals surface area contributed by atoms with Crippen molar-refractivity contribution in [2.75, 3.05) is 19.8 Å². The summed E-state index contributed by atoms with van der Waals surface area (Å²) in [5, 5.41) is 17.2. The molecule has 0 aliphatic carbocycles. The average Bonchev–Trinajstić information content (AvgIpc) is 3.07. The van der Waals surface area contributed by atoms with E-state index in [1.54, 1.807) is 0 Å². The largest absolute Gasteiger partial charge is 0.476 e. The van der Waals surface area contributed by atoms with E-state index in [-0.39, 0.29) is 17.3 Å². The summed E-state index contributed by atoms with van der Waals surface area (Å²) in [6.07, 6.45) is 4.08. The Labute approximate surface area is 123 Å². The molecule has 2 fully saturated rings. The zero-order chi connectivity index (χ0) is 14.9. The van der Waals surface area contributed by atoms with Gasteiger partial charge in [0, 0.05) is 26.1 Å². The molecule has 3 rings (SSSR count). The Bertz CT molecular complexity index is 522. The van der Waals surface area contributed by atoms with E-state index < -0.39 is 5.97 Å². The van der Waals surface area contributed by atoms with E-state index in [4.69, 9.17) is 9.47 Å². The van der Waals surface area contributed by atoms with Crippen molar-refractivity contribution in [2.24, 2.45) is 0 Å². The first-order valence-corrected chi connectivity index (χ1v) is 7.54. The molecule has 0 saturated carbocycles. The number of nitrogens with zero attached hydrogens (tertiary/aromatic N) is 3. The summed E-state index contributed by atoms with van der Waals surface area (Å²) in [5.41, 5.74) is 0.591. The zero-order valence-corrected chi connectivity index (χ0v) is 12.2. The van der Waals surface area contributed by atoms with Crippen LogP contribution in [0.15, 0.2) is 0 Å². The molecule has 2 aliphatic rings. The summed E-state index contributed by atoms with van der Waals surface area (Å²) in [7, 11) is 0. The van der Waals surface area contributed by atoms with Crippen molar-refractivity contribution in [2.45, 2.75) is 50.7 Å². The van der Waals surface area contributed by atoms with E-state index in [9.17, 15) is 9.90 Å². The molecule has 3 heterocycles. The lowest BCUT2D eigenvalue weighted by molar-refractivity contribution is -0.0967. The third-order valence-corrected chi connectivity index (χ3v) is 4.36. The minimum atomic E-state index is -1.00. The fourth-order valence-electron chi connectivity index (χ4n) is 3.32. The maximum absolute atomic E-state index is 11.3. The highest BCUT2D eigenvalue weighted by Gasteiger charge is 2.42. The van der Waals surface area contributed by atoms with Crippen LogP contribution in [0.1, 0.15) is 54.8 Å². The van der Waals surface area contributed by atoms with Crippen LogP contribution in [-0.4, -0.2) is 51.5 Å². The van der Waals surface area contributed by atoms with Gasteiger partial charge in [-0.1, -0.05) is 18.6 Å². The van der Waals surface area contributed by atoms with Crippen LogP contribution >= 0.6 is 0 Å². The Morgan fingerprint density at radius 1 is 1.52 bits per heavy atom. The normalized spacial score (nSPS) is 29.1. The molecule has 1 N–H and O–H groups in total. The van der Waals surface area contributed by atoms with E-state index in [2.05, 4.69) is 10.3 Å². The van der Waals surface area contributed by atoms with E-state index in [1.165, 1.54) is 0 Å². The lowest BCUT2D eigenvalue weighted by Gasteiger charge is -2.37. The Balaban J connectivity index is 1.87. The molecule has 7 heteroatoms. The summed E-state index contributed by atoms with van der Waals surface area (Å²) in [6, 6.07) is 0.141. The molecule has 116 valence electrons. The molecule has 2 atom stereocenters. The highest BCUT2D eigenvalue weighted by Crippen LogP contribution is 2.38. The Morgan fingerprint density at radius 3 is 3.05 bits per heavy atom. The first kappa shape index (κ1) is 14.5. The Hall–Kier alpha value is -1.47. The molecule has 2 unspecified atom stereocenters. The lowest BCUT2D eigenvalue weighted by Crippen LogP contribution is -2.41. The number of hydrogen-bond acceptors (Lipinski definition) is 5. The van der Waals surface area contributed by atoms with Gasteiger partial charge in [0.25, 0.3) is 0 Å². The summed E-state index contributed by atoms with van der Waals surface area (Å²) >= 11 is 0. The van der Waals surface area contributed by atoms with Gasteiger partial charge in [0.1, 0.15) is 0 Å². The van der Waals surface area contributed by atoms with Crippen LogP contribution in [0.4, 0.5) is 0 Å². The summed E-state index contributed by atoms with van der Waals surface area (Å²) in [5.74, 6) is -1.00. The van der Waals surface area contributed by atoms with Crippen molar-refractivity contribution >= 4 is 5.97 Å². The summed E-state index contributed by atoms with van der Waals surface area (Å²) in [4.78, 5) is 11.3. The van der Waals surface area contributed by atoms with Crippen LogP contribution in [0.2, 0.25) is 0 Å². The van der Waals surface area contributed by atoms with Crippen LogP contribution in [-0.2, 0) is 15.9 Å². The van der Waals surface area contributed by atoms with Crippen LogP contribution in [0.25, 0.3) is 0 Å². The molecule has 0 radical (unpaired) electrons. The van der Waals surface area contributed by atoms with Crippen LogP contribution in [0.3, 0.4) is 0 Å². The van der Waals surface area contributed by atoms with Gasteiger partial charge in [-0.25, -0.2) is 9.48 Å². The molecule has 0 aromatic carbocycles. The van der Waals surface area contributed by atoms with Crippen molar-refractivity contribution in [1.82, 2.24) is 15.0 Å². The fourth-order valence-corrected chi connectivity index (χ4v) is 3.32. The van der Waals surface area contributed by atoms with E-state index in [1.807, 2.05) is 11.6 Å². The molecule has 1 aromatic heterocycles. The average molecular weight is 295 g/mol. The Morgan fingerprint density at radius 2 is 2.38 bits per heavy atom. The number of aromatic carboxylic acids is 1. The van der Waals surface area contributed by atoms with Gasteiger partial charge in [-0.05, 0) is 12.8 Å². The molecule has 2 saturated heterocycles. The monoisotopic (exact) mass is 295 g/mol. The van der Waals surface area contributed by atoms with Crippen molar-refractivity contribution in [3.8, 4) is 0 Å². The highest BCUT2D eigenvalue weighted by molar-refractivity contribution is 5.86. The van der Waals surface area contributed by atoms with E-state index >= 15 is 0 Å². The molecule has 7 nitrogen and oxygen atoms in total. The second kappa shape index (κ2) is 5.73. The second-order valence-electron chi connectivity index (χ2n) is 5.87. The van der Waals surface area contributed by atoms with Crippen molar-refractivity contribution < 1.29 is 19.4 Å². The van der Waals surface area contributed by atoms with Gasteiger partial charge in [0.05, 0.1) is 23.9 Å². The third-order valence-electron chi connectivity index (χ3n) is 4.36. The van der Waals surface area contributed by atoms with Crippen LogP contribution < -0.4 is 0 Å². The number of hydrogen-bond donors (Lipinski definition) is 1. The molecular formula is C14H21N3O4. The fraction of sp³-hybridized carbons (Fsp3) is 0.786. The van der Waals surface area contributed by atoms with E-state index in [0.717, 1.165) is 38.0 Å². The number of carboxylic acids is 1. The zero-order valence-electron chi connectivity index (χ0n) is 12.2. The molecule has 21 heavy (non-hydrogen) atoms. The number of carboxylic acid groups (broad SMARTS) is 1. The first-order valence-electron chi connectivity index (χ1n) is 7.54. The number of aromatic nitrogens is 3. The third kappa shape index (κ3) is 2.67. The SMILES string of the molecule is CCCc1c(C(=O)O)nnn1C1CCOC2(CCOC2)C1. The number of ether oxygens (including phenoxy) is 2. The van der Waals surface area contributed by atoms with Crippen molar-refractivity contribution in [3.63, 3.8) is 0 Å². The van der Waals surface area contributed by atoms with Gasteiger partial charge >= 0.3 is 5.97 Å². The van der Waals surface area contributed by atoms with Crippen molar-refractivity contribution in [1.29, 1.82) is 0 Å². The maximum Gasteiger partial charge on any atom is 0.358 e. The number of carbonyl (C=O) groups is 1. The minimum absolute atomic E-state index is 0.0834. The van der Waals surface area contributed by atoms with Gasteiger partial charge in [-0.15, -0.1) is 5.10 Å². The van der Waals surface area contributed by atoms with E-state index in [0.29, 0.717) is 19.6 Å². The van der Waals surface area contributed by atoms with Crippen LogP contribution in [0.5, 0.6) is 0 Å². The number of rotatable bonds is 4. The minimum Gasteiger partial charge on any atom is -0.476 e. The topological polar surface area (TPSA) is 86.5 Å². The van der Waals surface area contributed by atoms with Crippen molar-refractivity contribution in [3.05, 3.63) is 11.4 Å². The smallest absolute Gasteiger partial charge is 0.358 e. The van der Waals surface area contributed by atoms with Gasteiger partial charge in [0.2, 0.25) is 0 Å². The standard InChI is InChI=1S/C14H21N3O4/c1-2-3-11-12(13(18)19)15-16-17(11)10-4-6-21-14(8-10)5-7-20-9-14/h10H,2-9H2,1H3,(H,18,19). The molecule has 0 amide bonds.